The lowest BCUT2D eigenvalue weighted by Gasteiger charge is -2.42. The van der Waals surface area contributed by atoms with Gasteiger partial charge in [-0.1, -0.05) is 30.3 Å². The molecule has 1 aromatic carbocycles. The fourth-order valence-corrected chi connectivity index (χ4v) is 4.54. The molecule has 22 heavy (non-hydrogen) atoms. The van der Waals surface area contributed by atoms with E-state index in [-0.39, 0.29) is 17.1 Å². The molecule has 2 aliphatic rings. The van der Waals surface area contributed by atoms with Crippen LogP contribution in [0.2, 0.25) is 0 Å². The first-order chi connectivity index (χ1) is 10.3. The van der Waals surface area contributed by atoms with Gasteiger partial charge < -0.3 is 4.74 Å². The van der Waals surface area contributed by atoms with Gasteiger partial charge in [0, 0.05) is 19.0 Å². The van der Waals surface area contributed by atoms with Crippen molar-refractivity contribution >= 4 is 5.97 Å². The molecule has 1 saturated heterocycles. The van der Waals surface area contributed by atoms with Crippen molar-refractivity contribution < 1.29 is 9.53 Å². The standard InChI is InChI=1S/C19H27NO2/c1-14(21)22-19(4)11-10-16-12-17(19)20(18(16,2)3)13-15-8-6-5-7-9-15/h5-9,16-17H,10-13H2,1-4H3/t16-,17-,19-/m1/s1. The number of hydrogen-bond acceptors (Lipinski definition) is 3. The lowest BCUT2D eigenvalue weighted by Crippen LogP contribution is -2.53. The van der Waals surface area contributed by atoms with Gasteiger partial charge in [0.05, 0.1) is 6.04 Å². The van der Waals surface area contributed by atoms with E-state index in [1.165, 1.54) is 12.5 Å². The van der Waals surface area contributed by atoms with Gasteiger partial charge in [-0.3, -0.25) is 9.69 Å². The van der Waals surface area contributed by atoms with Gasteiger partial charge >= 0.3 is 5.97 Å². The topological polar surface area (TPSA) is 29.5 Å². The molecule has 1 aromatic rings. The van der Waals surface area contributed by atoms with Crippen LogP contribution >= 0.6 is 0 Å². The van der Waals surface area contributed by atoms with Crippen LogP contribution in [0.15, 0.2) is 30.3 Å². The van der Waals surface area contributed by atoms with Crippen LogP contribution in [-0.2, 0) is 16.1 Å². The SMILES string of the molecule is CC(=O)O[C@]1(C)CC[C@@H]2C[C@H]1N(Cc1ccccc1)C2(C)C. The monoisotopic (exact) mass is 301 g/mol. The molecule has 0 radical (unpaired) electrons. The van der Waals surface area contributed by atoms with Crippen LogP contribution in [0, 0.1) is 5.92 Å². The van der Waals surface area contributed by atoms with E-state index in [4.69, 9.17) is 4.74 Å². The average Bonchev–Trinajstić information content (AvgIpc) is 2.66. The molecule has 0 amide bonds. The van der Waals surface area contributed by atoms with E-state index in [0.717, 1.165) is 25.8 Å². The summed E-state index contributed by atoms with van der Waals surface area (Å²) in [5, 5.41) is 0. The number of nitrogens with zero attached hydrogens (tertiary/aromatic N) is 1. The largest absolute Gasteiger partial charge is 0.458 e. The number of carbonyl (C=O) groups excluding carboxylic acids is 1. The number of ether oxygens (including phenoxy) is 1. The second-order valence-electron chi connectivity index (χ2n) is 7.66. The molecule has 0 spiro atoms. The van der Waals surface area contributed by atoms with E-state index in [2.05, 4.69) is 56.0 Å². The van der Waals surface area contributed by atoms with E-state index >= 15 is 0 Å². The minimum Gasteiger partial charge on any atom is -0.458 e. The molecule has 3 nitrogen and oxygen atoms in total. The van der Waals surface area contributed by atoms with Crippen LogP contribution in [-0.4, -0.2) is 28.1 Å². The Kier molecular flexibility index (Phi) is 3.80. The van der Waals surface area contributed by atoms with Gasteiger partial charge in [0.25, 0.3) is 0 Å². The van der Waals surface area contributed by atoms with Crippen LogP contribution in [0.1, 0.15) is 52.5 Å². The molecule has 1 saturated carbocycles. The Morgan fingerprint density at radius 1 is 1.27 bits per heavy atom. The highest BCUT2D eigenvalue weighted by molar-refractivity contribution is 5.66. The van der Waals surface area contributed by atoms with Crippen LogP contribution in [0.4, 0.5) is 0 Å². The fourth-order valence-electron chi connectivity index (χ4n) is 4.54. The Balaban J connectivity index is 1.90. The Morgan fingerprint density at radius 2 is 1.95 bits per heavy atom. The molecule has 1 aliphatic carbocycles. The first-order valence-electron chi connectivity index (χ1n) is 8.33. The van der Waals surface area contributed by atoms with Gasteiger partial charge in [0.1, 0.15) is 5.60 Å². The Hall–Kier alpha value is -1.35. The lowest BCUT2D eigenvalue weighted by atomic mass is 9.75. The van der Waals surface area contributed by atoms with E-state index < -0.39 is 0 Å². The van der Waals surface area contributed by atoms with Crippen LogP contribution in [0.25, 0.3) is 0 Å². The molecule has 1 aliphatic heterocycles. The van der Waals surface area contributed by atoms with Crippen LogP contribution in [0.5, 0.6) is 0 Å². The molecule has 2 bridgehead atoms. The third kappa shape index (κ3) is 2.56. The zero-order chi connectivity index (χ0) is 16.0. The van der Waals surface area contributed by atoms with Gasteiger partial charge in [-0.15, -0.1) is 0 Å². The summed E-state index contributed by atoms with van der Waals surface area (Å²) in [5.74, 6) is 0.523. The predicted molar refractivity (Wildman–Crippen MR) is 87.4 cm³/mol. The maximum Gasteiger partial charge on any atom is 0.303 e. The van der Waals surface area contributed by atoms with Crippen LogP contribution < -0.4 is 0 Å². The number of esters is 1. The quantitative estimate of drug-likeness (QED) is 0.796. The molecule has 120 valence electrons. The summed E-state index contributed by atoms with van der Waals surface area (Å²) in [4.78, 5) is 14.2. The maximum atomic E-state index is 11.6. The zero-order valence-electron chi connectivity index (χ0n) is 14.1. The molecule has 0 unspecified atom stereocenters. The first-order valence-corrected chi connectivity index (χ1v) is 8.33. The zero-order valence-corrected chi connectivity index (χ0v) is 14.1. The van der Waals surface area contributed by atoms with Crippen molar-refractivity contribution in [2.45, 2.75) is 70.7 Å². The van der Waals surface area contributed by atoms with Gasteiger partial charge in [-0.2, -0.15) is 0 Å². The summed E-state index contributed by atoms with van der Waals surface area (Å²) in [6.45, 7) is 9.26. The maximum absolute atomic E-state index is 11.6. The Bertz CT molecular complexity index is 554. The lowest BCUT2D eigenvalue weighted by molar-refractivity contribution is -0.165. The van der Waals surface area contributed by atoms with Crippen molar-refractivity contribution in [2.24, 2.45) is 5.92 Å². The number of benzene rings is 1. The normalized spacial score (nSPS) is 33.6. The Labute approximate surface area is 133 Å². The number of fused-ring (bicyclic) bond motifs is 2. The molecule has 3 atom stereocenters. The molecule has 3 rings (SSSR count). The minimum atomic E-state index is -0.356. The molecule has 0 N–H and O–H groups in total. The summed E-state index contributed by atoms with van der Waals surface area (Å²) in [6.07, 6.45) is 3.23. The predicted octanol–water partition coefficient (Wildman–Crippen LogP) is 3.77. The number of carbonyl (C=O) groups is 1. The molecular formula is C19H27NO2. The number of hydrogen-bond donors (Lipinski definition) is 0. The van der Waals surface area contributed by atoms with Crippen molar-refractivity contribution in [1.82, 2.24) is 4.90 Å². The van der Waals surface area contributed by atoms with Crippen molar-refractivity contribution in [3.8, 4) is 0 Å². The summed E-state index contributed by atoms with van der Waals surface area (Å²) < 4.78 is 5.79. The van der Waals surface area contributed by atoms with Crippen molar-refractivity contribution in [3.05, 3.63) is 35.9 Å². The van der Waals surface area contributed by atoms with Gasteiger partial charge in [0.2, 0.25) is 0 Å². The average molecular weight is 301 g/mol. The third-order valence-corrected chi connectivity index (χ3v) is 5.89. The molecule has 1 heterocycles. The summed E-state index contributed by atoms with van der Waals surface area (Å²) >= 11 is 0. The first kappa shape index (κ1) is 15.5. The number of likely N-dealkylation sites (tertiary alicyclic amines) is 1. The van der Waals surface area contributed by atoms with Gasteiger partial charge in [-0.05, 0) is 51.5 Å². The molecule has 3 heteroatoms. The smallest absolute Gasteiger partial charge is 0.303 e. The molecule has 2 fully saturated rings. The molecule has 0 aromatic heterocycles. The molecular weight excluding hydrogens is 274 g/mol. The van der Waals surface area contributed by atoms with Crippen molar-refractivity contribution in [1.29, 1.82) is 0 Å². The Morgan fingerprint density at radius 3 is 2.59 bits per heavy atom. The second kappa shape index (κ2) is 5.38. The number of rotatable bonds is 3. The second-order valence-corrected chi connectivity index (χ2v) is 7.66. The highest BCUT2D eigenvalue weighted by atomic mass is 16.6. The highest BCUT2D eigenvalue weighted by Gasteiger charge is 2.57. The minimum absolute atomic E-state index is 0.151. The highest BCUT2D eigenvalue weighted by Crippen LogP contribution is 2.52. The van der Waals surface area contributed by atoms with Gasteiger partial charge in [0.15, 0.2) is 0 Å². The van der Waals surface area contributed by atoms with Gasteiger partial charge in [-0.25, -0.2) is 0 Å². The van der Waals surface area contributed by atoms with E-state index in [0.29, 0.717) is 12.0 Å². The van der Waals surface area contributed by atoms with Crippen molar-refractivity contribution in [3.63, 3.8) is 0 Å². The van der Waals surface area contributed by atoms with E-state index in [1.54, 1.807) is 0 Å². The van der Waals surface area contributed by atoms with Crippen LogP contribution in [0.3, 0.4) is 0 Å². The summed E-state index contributed by atoms with van der Waals surface area (Å²) in [5.41, 5.74) is 1.12. The van der Waals surface area contributed by atoms with Crippen molar-refractivity contribution in [2.75, 3.05) is 0 Å². The fraction of sp³-hybridized carbons (Fsp3) is 0.632. The van der Waals surface area contributed by atoms with E-state index in [9.17, 15) is 4.79 Å². The summed E-state index contributed by atoms with van der Waals surface area (Å²) in [7, 11) is 0. The van der Waals surface area contributed by atoms with E-state index in [1.807, 2.05) is 0 Å². The summed E-state index contributed by atoms with van der Waals surface area (Å²) in [6, 6.07) is 10.9. The third-order valence-electron chi connectivity index (χ3n) is 5.89.